The first kappa shape index (κ1) is 9.67. The lowest BCUT2D eigenvalue weighted by molar-refractivity contribution is -0.132. The maximum Gasteiger partial charge on any atom is 0.331 e. The largest absolute Gasteiger partial charge is 0.478 e. The zero-order valence-corrected chi connectivity index (χ0v) is 7.62. The summed E-state index contributed by atoms with van der Waals surface area (Å²) in [5.74, 6) is -0.984. The van der Waals surface area contributed by atoms with Gasteiger partial charge in [0.2, 0.25) is 0 Å². The molecule has 1 aromatic heterocycles. The summed E-state index contributed by atoms with van der Waals surface area (Å²) in [7, 11) is 0. The van der Waals surface area contributed by atoms with Crippen molar-refractivity contribution in [1.29, 1.82) is 0 Å². The van der Waals surface area contributed by atoms with Crippen molar-refractivity contribution in [2.45, 2.75) is 6.92 Å². The molecule has 1 rings (SSSR count). The van der Waals surface area contributed by atoms with E-state index in [-0.39, 0.29) is 10.7 Å². The molecule has 4 nitrogen and oxygen atoms in total. The summed E-state index contributed by atoms with van der Waals surface area (Å²) in [4.78, 5) is 18.1. The van der Waals surface area contributed by atoms with Crippen molar-refractivity contribution in [3.63, 3.8) is 0 Å². The lowest BCUT2D eigenvalue weighted by Crippen LogP contribution is -1.96. The molecule has 68 valence electrons. The molecule has 0 aliphatic rings. The first-order chi connectivity index (χ1) is 6.09. The van der Waals surface area contributed by atoms with E-state index < -0.39 is 5.97 Å². The highest BCUT2D eigenvalue weighted by atomic mass is 35.5. The molecule has 1 heterocycles. The van der Waals surface area contributed by atoms with Crippen LogP contribution in [0.2, 0.25) is 5.15 Å². The number of hydrogen-bond acceptors (Lipinski definition) is 3. The normalized spacial score (nSPS) is 11.4. The SMILES string of the molecule is CC(=Cc1cncc(Cl)n1)C(=O)O. The lowest BCUT2D eigenvalue weighted by atomic mass is 10.2. The fraction of sp³-hybridized carbons (Fsp3) is 0.125. The molecule has 0 saturated carbocycles. The van der Waals surface area contributed by atoms with E-state index in [0.717, 1.165) is 0 Å². The molecule has 0 radical (unpaired) electrons. The van der Waals surface area contributed by atoms with Crippen molar-refractivity contribution in [3.05, 3.63) is 28.8 Å². The van der Waals surface area contributed by atoms with Crippen LogP contribution in [0.1, 0.15) is 12.6 Å². The Labute approximate surface area is 79.9 Å². The van der Waals surface area contributed by atoms with Gasteiger partial charge in [0.15, 0.2) is 0 Å². The maximum atomic E-state index is 10.4. The van der Waals surface area contributed by atoms with Crippen molar-refractivity contribution >= 4 is 23.6 Å². The van der Waals surface area contributed by atoms with Gasteiger partial charge in [0.05, 0.1) is 18.1 Å². The minimum absolute atomic E-state index is 0.191. The minimum Gasteiger partial charge on any atom is -0.478 e. The average molecular weight is 199 g/mol. The van der Waals surface area contributed by atoms with Crippen LogP contribution in [-0.4, -0.2) is 21.0 Å². The number of carboxylic acid groups (broad SMARTS) is 1. The molecule has 0 amide bonds. The van der Waals surface area contributed by atoms with Gasteiger partial charge in [0, 0.05) is 5.57 Å². The molecular formula is C8H7ClN2O2. The molecule has 0 saturated heterocycles. The first-order valence-electron chi connectivity index (χ1n) is 3.49. The molecule has 0 aromatic carbocycles. The molecule has 0 spiro atoms. The fourth-order valence-electron chi connectivity index (χ4n) is 0.709. The van der Waals surface area contributed by atoms with Crippen LogP contribution in [0.25, 0.3) is 6.08 Å². The highest BCUT2D eigenvalue weighted by molar-refractivity contribution is 6.29. The molecule has 0 bridgehead atoms. The van der Waals surface area contributed by atoms with Crippen molar-refractivity contribution in [1.82, 2.24) is 9.97 Å². The van der Waals surface area contributed by atoms with Gasteiger partial charge in [-0.15, -0.1) is 0 Å². The van der Waals surface area contributed by atoms with Crippen molar-refractivity contribution < 1.29 is 9.90 Å². The van der Waals surface area contributed by atoms with E-state index in [1.54, 1.807) is 0 Å². The van der Waals surface area contributed by atoms with Crippen LogP contribution in [0, 0.1) is 0 Å². The third kappa shape index (κ3) is 2.83. The van der Waals surface area contributed by atoms with E-state index in [9.17, 15) is 4.79 Å². The predicted octanol–water partition coefficient (Wildman–Crippen LogP) is 1.62. The Hall–Kier alpha value is -1.42. The Balaban J connectivity index is 2.97. The van der Waals surface area contributed by atoms with Gasteiger partial charge in [-0.05, 0) is 13.0 Å². The number of aliphatic carboxylic acids is 1. The highest BCUT2D eigenvalue weighted by Crippen LogP contribution is 2.06. The van der Waals surface area contributed by atoms with E-state index in [1.165, 1.54) is 25.4 Å². The molecule has 0 unspecified atom stereocenters. The highest BCUT2D eigenvalue weighted by Gasteiger charge is 2.00. The molecule has 13 heavy (non-hydrogen) atoms. The van der Waals surface area contributed by atoms with Gasteiger partial charge in [-0.1, -0.05) is 11.6 Å². The summed E-state index contributed by atoms with van der Waals surface area (Å²) in [6.45, 7) is 1.48. The van der Waals surface area contributed by atoms with Crippen molar-refractivity contribution in [2.24, 2.45) is 0 Å². The molecule has 0 aliphatic carbocycles. The van der Waals surface area contributed by atoms with E-state index in [0.29, 0.717) is 5.69 Å². The summed E-state index contributed by atoms with van der Waals surface area (Å²) in [5, 5.41) is 8.81. The van der Waals surface area contributed by atoms with Crippen LogP contribution < -0.4 is 0 Å². The number of nitrogens with zero attached hydrogens (tertiary/aromatic N) is 2. The van der Waals surface area contributed by atoms with E-state index in [4.69, 9.17) is 16.7 Å². The number of rotatable bonds is 2. The Morgan fingerprint density at radius 1 is 1.62 bits per heavy atom. The second-order valence-corrected chi connectivity index (χ2v) is 2.79. The van der Waals surface area contributed by atoms with Gasteiger partial charge in [-0.25, -0.2) is 9.78 Å². The summed E-state index contributed by atoms with van der Waals surface area (Å²) >= 11 is 5.56. The summed E-state index contributed by atoms with van der Waals surface area (Å²) < 4.78 is 0. The van der Waals surface area contributed by atoms with Crippen LogP contribution in [0.3, 0.4) is 0 Å². The molecule has 5 heteroatoms. The standard InChI is InChI=1S/C8H7ClN2O2/c1-5(8(12)13)2-6-3-10-4-7(9)11-6/h2-4H,1H3,(H,12,13). The molecule has 1 aromatic rings. The number of carboxylic acids is 1. The Morgan fingerprint density at radius 3 is 2.85 bits per heavy atom. The lowest BCUT2D eigenvalue weighted by Gasteiger charge is -1.94. The third-order valence-corrected chi connectivity index (χ3v) is 1.51. The van der Waals surface area contributed by atoms with Gasteiger partial charge >= 0.3 is 5.97 Å². The molecular weight excluding hydrogens is 192 g/mol. The number of hydrogen-bond donors (Lipinski definition) is 1. The predicted molar refractivity (Wildman–Crippen MR) is 48.3 cm³/mol. The van der Waals surface area contributed by atoms with Gasteiger partial charge in [0.25, 0.3) is 0 Å². The number of carbonyl (C=O) groups is 1. The van der Waals surface area contributed by atoms with Gasteiger partial charge < -0.3 is 5.11 Å². The Kier molecular flexibility index (Phi) is 2.97. The average Bonchev–Trinajstić information content (AvgIpc) is 2.04. The molecule has 1 N–H and O–H groups in total. The molecule has 0 atom stereocenters. The zero-order valence-electron chi connectivity index (χ0n) is 6.86. The van der Waals surface area contributed by atoms with Crippen LogP contribution >= 0.6 is 11.6 Å². The molecule has 0 fully saturated rings. The fourth-order valence-corrected chi connectivity index (χ4v) is 0.863. The van der Waals surface area contributed by atoms with Crippen LogP contribution in [0.5, 0.6) is 0 Å². The minimum atomic E-state index is -0.984. The van der Waals surface area contributed by atoms with Crippen molar-refractivity contribution in [3.8, 4) is 0 Å². The van der Waals surface area contributed by atoms with Gasteiger partial charge in [-0.2, -0.15) is 0 Å². The Bertz CT molecular complexity index is 363. The second-order valence-electron chi connectivity index (χ2n) is 2.40. The van der Waals surface area contributed by atoms with Crippen LogP contribution in [0.4, 0.5) is 0 Å². The van der Waals surface area contributed by atoms with E-state index >= 15 is 0 Å². The monoisotopic (exact) mass is 198 g/mol. The smallest absolute Gasteiger partial charge is 0.331 e. The van der Waals surface area contributed by atoms with Crippen LogP contribution in [-0.2, 0) is 4.79 Å². The molecule has 0 aliphatic heterocycles. The second kappa shape index (κ2) is 4.00. The quantitative estimate of drug-likeness (QED) is 0.734. The zero-order chi connectivity index (χ0) is 9.84. The number of halogens is 1. The summed E-state index contributed by atoms with van der Waals surface area (Å²) in [6, 6.07) is 0. The van der Waals surface area contributed by atoms with E-state index in [2.05, 4.69) is 9.97 Å². The summed E-state index contributed by atoms with van der Waals surface area (Å²) in [6.07, 6.45) is 4.23. The van der Waals surface area contributed by atoms with Gasteiger partial charge in [-0.3, -0.25) is 4.98 Å². The van der Waals surface area contributed by atoms with Crippen LogP contribution in [0.15, 0.2) is 18.0 Å². The van der Waals surface area contributed by atoms with Gasteiger partial charge in [0.1, 0.15) is 5.15 Å². The maximum absolute atomic E-state index is 10.4. The number of aromatic nitrogens is 2. The third-order valence-electron chi connectivity index (χ3n) is 1.33. The van der Waals surface area contributed by atoms with E-state index in [1.807, 2.05) is 0 Å². The Morgan fingerprint density at radius 2 is 2.31 bits per heavy atom. The summed E-state index contributed by atoms with van der Waals surface area (Å²) in [5.41, 5.74) is 0.629. The topological polar surface area (TPSA) is 63.1 Å². The first-order valence-corrected chi connectivity index (χ1v) is 3.86. The van der Waals surface area contributed by atoms with Crippen molar-refractivity contribution in [2.75, 3.05) is 0 Å².